The predicted octanol–water partition coefficient (Wildman–Crippen LogP) is 2.90. The van der Waals surface area contributed by atoms with Crippen LogP contribution in [0.2, 0.25) is 0 Å². The van der Waals surface area contributed by atoms with Gasteiger partial charge in [0.15, 0.2) is 0 Å². The number of hydrogen-bond donors (Lipinski definition) is 1. The Labute approximate surface area is 90.3 Å². The molecule has 0 aliphatic heterocycles. The van der Waals surface area contributed by atoms with Crippen molar-refractivity contribution in [3.8, 4) is 0 Å². The average molecular weight is 204 g/mol. The fourth-order valence-electron chi connectivity index (χ4n) is 1.48. The van der Waals surface area contributed by atoms with Gasteiger partial charge in [0.25, 0.3) is 0 Å². The van der Waals surface area contributed by atoms with Crippen LogP contribution in [0.3, 0.4) is 0 Å². The molecule has 1 rings (SSSR count). The first-order valence-corrected chi connectivity index (χ1v) is 4.96. The van der Waals surface area contributed by atoms with Gasteiger partial charge in [-0.3, -0.25) is 0 Å². The highest BCUT2D eigenvalue weighted by molar-refractivity contribution is 5.79. The van der Waals surface area contributed by atoms with Crippen molar-refractivity contribution >= 4 is 5.97 Å². The fourth-order valence-corrected chi connectivity index (χ4v) is 1.48. The monoisotopic (exact) mass is 204 g/mol. The number of aliphatic carboxylic acids is 1. The van der Waals surface area contributed by atoms with Gasteiger partial charge in [-0.1, -0.05) is 50.3 Å². The Kier molecular flexibility index (Phi) is 3.67. The van der Waals surface area contributed by atoms with Crippen molar-refractivity contribution in [3.05, 3.63) is 48.0 Å². The Morgan fingerprint density at radius 1 is 1.33 bits per heavy atom. The maximum atomic E-state index is 10.4. The minimum absolute atomic E-state index is 0.125. The third kappa shape index (κ3) is 4.45. The van der Waals surface area contributed by atoms with Crippen LogP contribution in [0.1, 0.15) is 19.4 Å². The zero-order valence-electron chi connectivity index (χ0n) is 9.10. The molecular formula is C13H16O2. The molecule has 0 atom stereocenters. The lowest BCUT2D eigenvalue weighted by Crippen LogP contribution is -2.12. The number of benzene rings is 1. The molecule has 0 aliphatic rings. The van der Waals surface area contributed by atoms with Gasteiger partial charge in [-0.15, -0.1) is 0 Å². The highest BCUT2D eigenvalue weighted by atomic mass is 16.4. The third-order valence-electron chi connectivity index (χ3n) is 2.18. The lowest BCUT2D eigenvalue weighted by molar-refractivity contribution is -0.131. The first-order valence-electron chi connectivity index (χ1n) is 4.96. The van der Waals surface area contributed by atoms with Crippen LogP contribution >= 0.6 is 0 Å². The second kappa shape index (κ2) is 4.78. The molecule has 0 unspecified atom stereocenters. The summed E-state index contributed by atoms with van der Waals surface area (Å²) in [5.74, 6) is -0.892. The Balaban J connectivity index is 2.68. The van der Waals surface area contributed by atoms with E-state index in [1.54, 1.807) is 6.08 Å². The van der Waals surface area contributed by atoms with E-state index < -0.39 is 5.97 Å². The molecule has 1 aromatic rings. The molecule has 15 heavy (non-hydrogen) atoms. The zero-order chi connectivity index (χ0) is 11.3. The first kappa shape index (κ1) is 11.5. The maximum Gasteiger partial charge on any atom is 0.327 e. The molecule has 1 aromatic carbocycles. The molecule has 2 heteroatoms. The molecule has 0 heterocycles. The van der Waals surface area contributed by atoms with Crippen LogP contribution < -0.4 is 0 Å². The molecule has 0 saturated heterocycles. The van der Waals surface area contributed by atoms with Crippen LogP contribution in [0.15, 0.2) is 42.5 Å². The molecule has 0 amide bonds. The zero-order valence-corrected chi connectivity index (χ0v) is 9.10. The quantitative estimate of drug-likeness (QED) is 0.766. The van der Waals surface area contributed by atoms with E-state index in [9.17, 15) is 4.79 Å². The van der Waals surface area contributed by atoms with Crippen LogP contribution in [-0.2, 0) is 11.2 Å². The van der Waals surface area contributed by atoms with Crippen molar-refractivity contribution in [3.63, 3.8) is 0 Å². The summed E-state index contributed by atoms with van der Waals surface area (Å²) in [6.07, 6.45) is 3.79. The van der Waals surface area contributed by atoms with Crippen LogP contribution in [0.5, 0.6) is 0 Å². The average Bonchev–Trinajstić information content (AvgIpc) is 2.16. The molecule has 0 aromatic heterocycles. The predicted molar refractivity (Wildman–Crippen MR) is 60.7 cm³/mol. The van der Waals surface area contributed by atoms with E-state index in [4.69, 9.17) is 5.11 Å². The molecule has 0 radical (unpaired) electrons. The summed E-state index contributed by atoms with van der Waals surface area (Å²) in [5, 5.41) is 8.56. The number of hydrogen-bond acceptors (Lipinski definition) is 1. The van der Waals surface area contributed by atoms with E-state index in [0.717, 1.165) is 6.42 Å². The van der Waals surface area contributed by atoms with Crippen molar-refractivity contribution in [2.45, 2.75) is 20.3 Å². The van der Waals surface area contributed by atoms with E-state index in [-0.39, 0.29) is 5.41 Å². The van der Waals surface area contributed by atoms with Gasteiger partial charge in [-0.2, -0.15) is 0 Å². The summed E-state index contributed by atoms with van der Waals surface area (Å²) < 4.78 is 0. The lowest BCUT2D eigenvalue weighted by Gasteiger charge is -2.19. The molecule has 2 nitrogen and oxygen atoms in total. The maximum absolute atomic E-state index is 10.4. The van der Waals surface area contributed by atoms with E-state index in [0.29, 0.717) is 0 Å². The standard InChI is InChI=1S/C13H16O2/c1-13(2,9-8-12(14)15)10-11-6-4-3-5-7-11/h3-9H,10H2,1-2H3,(H,14,15)/b9-8+. The van der Waals surface area contributed by atoms with Gasteiger partial charge in [0, 0.05) is 6.08 Å². The minimum Gasteiger partial charge on any atom is -0.478 e. The largest absolute Gasteiger partial charge is 0.478 e. The Morgan fingerprint density at radius 3 is 2.47 bits per heavy atom. The highest BCUT2D eigenvalue weighted by Gasteiger charge is 2.14. The summed E-state index contributed by atoms with van der Waals surface area (Å²) in [6, 6.07) is 10.1. The lowest BCUT2D eigenvalue weighted by atomic mass is 9.85. The van der Waals surface area contributed by atoms with Gasteiger partial charge in [-0.25, -0.2) is 4.79 Å². The SMILES string of the molecule is CC(C)(/C=C/C(=O)O)Cc1ccccc1. The summed E-state index contributed by atoms with van der Waals surface area (Å²) in [6.45, 7) is 4.05. The number of rotatable bonds is 4. The first-order chi connectivity index (χ1) is 6.99. The topological polar surface area (TPSA) is 37.3 Å². The van der Waals surface area contributed by atoms with E-state index in [1.165, 1.54) is 11.6 Å². The number of carbonyl (C=O) groups is 1. The molecule has 0 bridgehead atoms. The van der Waals surface area contributed by atoms with Gasteiger partial charge >= 0.3 is 5.97 Å². The van der Waals surface area contributed by atoms with Crippen LogP contribution in [0.25, 0.3) is 0 Å². The van der Waals surface area contributed by atoms with Gasteiger partial charge in [0.05, 0.1) is 0 Å². The van der Waals surface area contributed by atoms with E-state index in [2.05, 4.69) is 12.1 Å². The van der Waals surface area contributed by atoms with E-state index >= 15 is 0 Å². The fraction of sp³-hybridized carbons (Fsp3) is 0.308. The molecule has 1 N–H and O–H groups in total. The van der Waals surface area contributed by atoms with Crippen LogP contribution in [0.4, 0.5) is 0 Å². The summed E-state index contributed by atoms with van der Waals surface area (Å²) in [5.41, 5.74) is 1.09. The molecule has 0 saturated carbocycles. The summed E-state index contributed by atoms with van der Waals surface area (Å²) >= 11 is 0. The van der Waals surface area contributed by atoms with E-state index in [1.807, 2.05) is 32.0 Å². The Bertz CT molecular complexity index is 350. The van der Waals surface area contributed by atoms with Gasteiger partial charge in [0.2, 0.25) is 0 Å². The third-order valence-corrected chi connectivity index (χ3v) is 2.18. The second-order valence-electron chi connectivity index (χ2n) is 4.32. The van der Waals surface area contributed by atoms with Crippen molar-refractivity contribution in [1.29, 1.82) is 0 Å². The van der Waals surface area contributed by atoms with Gasteiger partial charge < -0.3 is 5.11 Å². The van der Waals surface area contributed by atoms with Crippen LogP contribution in [-0.4, -0.2) is 11.1 Å². The van der Waals surface area contributed by atoms with Crippen molar-refractivity contribution in [2.75, 3.05) is 0 Å². The highest BCUT2D eigenvalue weighted by Crippen LogP contribution is 2.23. The smallest absolute Gasteiger partial charge is 0.327 e. The summed E-state index contributed by atoms with van der Waals surface area (Å²) in [7, 11) is 0. The van der Waals surface area contributed by atoms with Gasteiger partial charge in [0.1, 0.15) is 0 Å². The number of allylic oxidation sites excluding steroid dienone is 1. The molecule has 80 valence electrons. The van der Waals surface area contributed by atoms with Crippen molar-refractivity contribution < 1.29 is 9.90 Å². The van der Waals surface area contributed by atoms with Crippen molar-refractivity contribution in [1.82, 2.24) is 0 Å². The molecule has 0 aliphatic carbocycles. The normalized spacial score (nSPS) is 11.9. The number of carboxylic acids is 1. The minimum atomic E-state index is -0.892. The Morgan fingerprint density at radius 2 is 1.93 bits per heavy atom. The van der Waals surface area contributed by atoms with Crippen molar-refractivity contribution in [2.24, 2.45) is 5.41 Å². The molecular weight excluding hydrogens is 188 g/mol. The molecule has 0 spiro atoms. The second-order valence-corrected chi connectivity index (χ2v) is 4.32. The number of carboxylic acid groups (broad SMARTS) is 1. The van der Waals surface area contributed by atoms with Crippen LogP contribution in [0, 0.1) is 5.41 Å². The van der Waals surface area contributed by atoms with Gasteiger partial charge in [-0.05, 0) is 17.4 Å². The Hall–Kier alpha value is -1.57. The summed E-state index contributed by atoms with van der Waals surface area (Å²) in [4.78, 5) is 10.4. The molecule has 0 fully saturated rings.